The minimum atomic E-state index is -0.287. The molecule has 25 heavy (non-hydrogen) atoms. The van der Waals surface area contributed by atoms with Crippen LogP contribution in [0.2, 0.25) is 0 Å². The fourth-order valence-corrected chi connectivity index (χ4v) is 2.55. The number of imidazole rings is 1. The van der Waals surface area contributed by atoms with Gasteiger partial charge in [0.25, 0.3) is 0 Å². The zero-order valence-corrected chi connectivity index (χ0v) is 13.9. The third kappa shape index (κ3) is 3.43. The molecule has 0 aliphatic heterocycles. The van der Waals surface area contributed by atoms with Gasteiger partial charge in [-0.2, -0.15) is 4.98 Å². The number of hydrogen-bond acceptors (Lipinski definition) is 6. The number of benzene rings is 1. The fourth-order valence-electron chi connectivity index (χ4n) is 2.55. The summed E-state index contributed by atoms with van der Waals surface area (Å²) in [6, 6.07) is 6.97. The molecule has 8 nitrogen and oxygen atoms in total. The van der Waals surface area contributed by atoms with Gasteiger partial charge in [0.05, 0.1) is 18.8 Å². The molecule has 3 aromatic rings. The van der Waals surface area contributed by atoms with E-state index in [0.29, 0.717) is 29.9 Å². The van der Waals surface area contributed by atoms with Crippen LogP contribution in [0.15, 0.2) is 35.3 Å². The maximum absolute atomic E-state index is 12.4. The summed E-state index contributed by atoms with van der Waals surface area (Å²) in [6.45, 7) is 2.62. The molecular formula is C17H18N4O4. The molecule has 0 aliphatic carbocycles. The number of fused-ring (bicyclic) bond motifs is 1. The van der Waals surface area contributed by atoms with E-state index in [4.69, 9.17) is 9.47 Å². The summed E-state index contributed by atoms with van der Waals surface area (Å²) in [5.41, 5.74) is 2.16. The Hall–Kier alpha value is -3.00. The van der Waals surface area contributed by atoms with Crippen LogP contribution in [-0.2, 0) is 4.74 Å². The number of ether oxygens (including phenoxy) is 2. The predicted octanol–water partition coefficient (Wildman–Crippen LogP) is 1.57. The molecular weight excluding hydrogens is 324 g/mol. The zero-order valence-electron chi connectivity index (χ0n) is 13.9. The van der Waals surface area contributed by atoms with Crippen LogP contribution < -0.4 is 10.4 Å². The summed E-state index contributed by atoms with van der Waals surface area (Å²) >= 11 is 0. The Bertz CT molecular complexity index is 930. The summed E-state index contributed by atoms with van der Waals surface area (Å²) in [5, 5.41) is 0. The summed E-state index contributed by atoms with van der Waals surface area (Å²) in [7, 11) is 1.58. The van der Waals surface area contributed by atoms with Gasteiger partial charge in [0.2, 0.25) is 0 Å². The topological polar surface area (TPSA) is 99.1 Å². The van der Waals surface area contributed by atoms with Crippen LogP contribution in [-0.4, -0.2) is 46.1 Å². The molecule has 0 radical (unpaired) electrons. The second-order valence-corrected chi connectivity index (χ2v) is 5.49. The highest BCUT2D eigenvalue weighted by Gasteiger charge is 2.17. The van der Waals surface area contributed by atoms with Gasteiger partial charge in [-0.05, 0) is 12.5 Å². The van der Waals surface area contributed by atoms with Crippen LogP contribution in [0.25, 0.3) is 11.2 Å². The lowest BCUT2D eigenvalue weighted by Crippen LogP contribution is -2.21. The largest absolute Gasteiger partial charge is 0.461 e. The Morgan fingerprint density at radius 2 is 2.04 bits per heavy atom. The first-order chi connectivity index (χ1) is 12.1. The Morgan fingerprint density at radius 3 is 2.72 bits per heavy atom. The number of carbonyl (C=O) groups excluding carboxylic acids is 1. The summed E-state index contributed by atoms with van der Waals surface area (Å²) < 4.78 is 11.9. The molecule has 130 valence electrons. The molecule has 2 aromatic heterocycles. The monoisotopic (exact) mass is 342 g/mol. The average Bonchev–Trinajstić information content (AvgIpc) is 2.96. The van der Waals surface area contributed by atoms with Gasteiger partial charge < -0.3 is 14.5 Å². The van der Waals surface area contributed by atoms with Gasteiger partial charge in [-0.25, -0.2) is 9.78 Å². The smallest absolute Gasteiger partial charge is 0.328 e. The van der Waals surface area contributed by atoms with Crippen LogP contribution in [0, 0.1) is 0 Å². The molecule has 8 heteroatoms. The lowest BCUT2D eigenvalue weighted by molar-refractivity contribution is 0.112. The van der Waals surface area contributed by atoms with Gasteiger partial charge in [-0.3, -0.25) is 9.36 Å². The molecule has 1 aromatic carbocycles. The second kappa shape index (κ2) is 7.27. The molecule has 0 amide bonds. The standard InChI is InChI=1S/C17H18N4O4/c1-11(13-5-3-12(10-22)4-6-13)21-15-14(19-17(21)23)9-18-16(20-15)25-8-7-24-2/h3-6,9-11H,7-8H2,1-2H3,(H,19,23). The maximum Gasteiger partial charge on any atom is 0.328 e. The van der Waals surface area contributed by atoms with Crippen molar-refractivity contribution >= 4 is 17.5 Å². The van der Waals surface area contributed by atoms with E-state index in [9.17, 15) is 9.59 Å². The predicted molar refractivity (Wildman–Crippen MR) is 91.2 cm³/mol. The third-order valence-electron chi connectivity index (χ3n) is 3.90. The molecule has 0 fully saturated rings. The van der Waals surface area contributed by atoms with Crippen LogP contribution in [0.1, 0.15) is 28.9 Å². The highest BCUT2D eigenvalue weighted by atomic mass is 16.5. The maximum atomic E-state index is 12.4. The van der Waals surface area contributed by atoms with Gasteiger partial charge in [0, 0.05) is 12.7 Å². The van der Waals surface area contributed by atoms with E-state index in [1.165, 1.54) is 10.8 Å². The molecule has 0 aliphatic rings. The number of nitrogens with zero attached hydrogens (tertiary/aromatic N) is 3. The van der Waals surface area contributed by atoms with Crippen molar-refractivity contribution in [2.24, 2.45) is 0 Å². The molecule has 0 saturated carbocycles. The van der Waals surface area contributed by atoms with Crippen molar-refractivity contribution in [3.05, 3.63) is 52.1 Å². The highest BCUT2D eigenvalue weighted by molar-refractivity contribution is 5.74. The molecule has 2 heterocycles. The third-order valence-corrected chi connectivity index (χ3v) is 3.90. The Balaban J connectivity index is 1.98. The number of nitrogens with one attached hydrogen (secondary N) is 1. The van der Waals surface area contributed by atoms with Crippen molar-refractivity contribution in [2.45, 2.75) is 13.0 Å². The number of carbonyl (C=O) groups is 1. The molecule has 1 atom stereocenters. The number of hydrogen-bond donors (Lipinski definition) is 1. The average molecular weight is 342 g/mol. The van der Waals surface area contributed by atoms with E-state index in [2.05, 4.69) is 15.0 Å². The van der Waals surface area contributed by atoms with E-state index in [1.54, 1.807) is 19.2 Å². The number of aromatic amines is 1. The number of H-pyrrole nitrogens is 1. The first-order valence-electron chi connectivity index (χ1n) is 7.78. The zero-order chi connectivity index (χ0) is 17.8. The second-order valence-electron chi connectivity index (χ2n) is 5.49. The highest BCUT2D eigenvalue weighted by Crippen LogP contribution is 2.21. The van der Waals surface area contributed by atoms with Crippen molar-refractivity contribution in [2.75, 3.05) is 20.3 Å². The summed E-state index contributed by atoms with van der Waals surface area (Å²) in [6.07, 6.45) is 2.30. The van der Waals surface area contributed by atoms with Crippen molar-refractivity contribution in [3.8, 4) is 6.01 Å². The number of rotatable bonds is 7. The number of aldehydes is 1. The summed E-state index contributed by atoms with van der Waals surface area (Å²) in [5.74, 6) is 0. The number of methoxy groups -OCH3 is 1. The van der Waals surface area contributed by atoms with Gasteiger partial charge in [0.15, 0.2) is 5.65 Å². The lowest BCUT2D eigenvalue weighted by Gasteiger charge is -2.14. The van der Waals surface area contributed by atoms with Crippen LogP contribution in [0.4, 0.5) is 0 Å². The van der Waals surface area contributed by atoms with Crippen molar-refractivity contribution in [1.29, 1.82) is 0 Å². The first kappa shape index (κ1) is 16.8. The normalized spacial score (nSPS) is 12.2. The van der Waals surface area contributed by atoms with Crippen molar-refractivity contribution in [1.82, 2.24) is 19.5 Å². The quantitative estimate of drug-likeness (QED) is 0.517. The minimum absolute atomic E-state index is 0.181. The molecule has 0 saturated heterocycles. The lowest BCUT2D eigenvalue weighted by atomic mass is 10.1. The first-order valence-corrected chi connectivity index (χ1v) is 7.78. The van der Waals surface area contributed by atoms with Gasteiger partial charge in [0.1, 0.15) is 18.4 Å². The SMILES string of the molecule is COCCOc1ncc2[nH]c(=O)n(C(C)c3ccc(C=O)cc3)c2n1. The van der Waals surface area contributed by atoms with E-state index >= 15 is 0 Å². The van der Waals surface area contributed by atoms with Crippen LogP contribution in [0.3, 0.4) is 0 Å². The fraction of sp³-hybridized carbons (Fsp3) is 0.294. The molecule has 1 unspecified atom stereocenters. The van der Waals surface area contributed by atoms with E-state index in [-0.39, 0.29) is 17.7 Å². The molecule has 1 N–H and O–H groups in total. The van der Waals surface area contributed by atoms with Gasteiger partial charge in [-0.1, -0.05) is 24.3 Å². The van der Waals surface area contributed by atoms with Gasteiger partial charge >= 0.3 is 11.7 Å². The van der Waals surface area contributed by atoms with Crippen molar-refractivity contribution in [3.63, 3.8) is 0 Å². The van der Waals surface area contributed by atoms with Crippen LogP contribution >= 0.6 is 0 Å². The Kier molecular flexibility index (Phi) is 4.90. The molecule has 0 spiro atoms. The molecule has 0 bridgehead atoms. The summed E-state index contributed by atoms with van der Waals surface area (Å²) in [4.78, 5) is 34.3. The number of aromatic nitrogens is 4. The minimum Gasteiger partial charge on any atom is -0.461 e. The van der Waals surface area contributed by atoms with Crippen LogP contribution in [0.5, 0.6) is 6.01 Å². The van der Waals surface area contributed by atoms with Gasteiger partial charge in [-0.15, -0.1) is 0 Å². The van der Waals surface area contributed by atoms with E-state index < -0.39 is 0 Å². The van der Waals surface area contributed by atoms with E-state index in [0.717, 1.165) is 11.8 Å². The van der Waals surface area contributed by atoms with Crippen molar-refractivity contribution < 1.29 is 14.3 Å². The Morgan fingerprint density at radius 1 is 1.28 bits per heavy atom. The van der Waals surface area contributed by atoms with E-state index in [1.807, 2.05) is 19.1 Å². The molecule has 3 rings (SSSR count). The Labute approximate surface area is 143 Å².